The Hall–Kier alpha value is -1.90. The highest BCUT2D eigenvalue weighted by Crippen LogP contribution is 2.35. The molecule has 0 atom stereocenters. The zero-order valence-electron chi connectivity index (χ0n) is 16.4. The smallest absolute Gasteiger partial charge is 0.337 e. The molecule has 0 spiro atoms. The fourth-order valence-corrected chi connectivity index (χ4v) is 3.12. The van der Waals surface area contributed by atoms with Crippen molar-refractivity contribution < 1.29 is 14.3 Å². The number of rotatable bonds is 6. The van der Waals surface area contributed by atoms with Gasteiger partial charge in [0.05, 0.1) is 36.5 Å². The van der Waals surface area contributed by atoms with Crippen molar-refractivity contribution in [1.29, 1.82) is 5.26 Å². The van der Waals surface area contributed by atoms with Crippen molar-refractivity contribution in [2.24, 2.45) is 5.41 Å². The van der Waals surface area contributed by atoms with Gasteiger partial charge in [-0.1, -0.05) is 12.1 Å². The molecule has 0 aliphatic carbocycles. The summed E-state index contributed by atoms with van der Waals surface area (Å²) in [6.45, 7) is 8.59. The van der Waals surface area contributed by atoms with E-state index in [1.807, 2.05) is 12.1 Å². The third-order valence-electron chi connectivity index (χ3n) is 5.00. The summed E-state index contributed by atoms with van der Waals surface area (Å²) >= 11 is 0. The first-order valence-electron chi connectivity index (χ1n) is 9.22. The first-order chi connectivity index (χ1) is 12.3. The Labute approximate surface area is 156 Å². The van der Waals surface area contributed by atoms with Gasteiger partial charge in [-0.3, -0.25) is 4.90 Å². The van der Waals surface area contributed by atoms with Crippen molar-refractivity contribution in [3.63, 3.8) is 0 Å². The second-order valence-electron chi connectivity index (χ2n) is 8.08. The molecule has 1 aliphatic rings. The fraction of sp³-hybridized carbons (Fsp3) is 0.619. The van der Waals surface area contributed by atoms with Crippen molar-refractivity contribution in [2.45, 2.75) is 52.1 Å². The average molecular weight is 358 g/mol. The topological polar surface area (TPSA) is 62.6 Å². The number of benzene rings is 1. The number of hydrogen-bond acceptors (Lipinski definition) is 5. The standard InChI is InChI=1S/C21H30N2O3/c1-20(2,3)26-16-23-13-11-21(15-22,12-14-23)10-9-17-5-7-18(8-6-17)19(24)25-4/h5-8H,9-14,16H2,1-4H3. The van der Waals surface area contributed by atoms with E-state index >= 15 is 0 Å². The lowest BCUT2D eigenvalue weighted by atomic mass is 9.75. The van der Waals surface area contributed by atoms with Crippen LogP contribution in [0.15, 0.2) is 24.3 Å². The van der Waals surface area contributed by atoms with Crippen LogP contribution in [0.2, 0.25) is 0 Å². The van der Waals surface area contributed by atoms with Gasteiger partial charge < -0.3 is 9.47 Å². The Morgan fingerprint density at radius 2 is 1.85 bits per heavy atom. The first-order valence-corrected chi connectivity index (χ1v) is 9.22. The zero-order valence-corrected chi connectivity index (χ0v) is 16.4. The van der Waals surface area contributed by atoms with E-state index in [2.05, 4.69) is 31.7 Å². The Kier molecular flexibility index (Phi) is 6.80. The van der Waals surface area contributed by atoms with E-state index in [0.717, 1.165) is 44.3 Å². The molecule has 142 valence electrons. The largest absolute Gasteiger partial charge is 0.465 e. The number of methoxy groups -OCH3 is 1. The third-order valence-corrected chi connectivity index (χ3v) is 5.00. The predicted molar refractivity (Wildman–Crippen MR) is 101 cm³/mol. The van der Waals surface area contributed by atoms with E-state index in [9.17, 15) is 10.1 Å². The molecule has 1 saturated heterocycles. The summed E-state index contributed by atoms with van der Waals surface area (Å²) in [6.07, 6.45) is 3.43. The molecule has 0 unspecified atom stereocenters. The van der Waals surface area contributed by atoms with Crippen LogP contribution in [0.1, 0.15) is 56.0 Å². The Balaban J connectivity index is 1.86. The summed E-state index contributed by atoms with van der Waals surface area (Å²) in [5.74, 6) is -0.324. The van der Waals surface area contributed by atoms with Gasteiger partial charge in [0.2, 0.25) is 0 Å². The average Bonchev–Trinajstić information content (AvgIpc) is 2.65. The van der Waals surface area contributed by atoms with E-state index in [-0.39, 0.29) is 17.0 Å². The highest BCUT2D eigenvalue weighted by atomic mass is 16.5. The molecule has 1 fully saturated rings. The van der Waals surface area contributed by atoms with E-state index in [0.29, 0.717) is 12.3 Å². The van der Waals surface area contributed by atoms with E-state index < -0.39 is 0 Å². The number of aryl methyl sites for hydroxylation is 1. The van der Waals surface area contributed by atoms with Crippen LogP contribution in [-0.2, 0) is 15.9 Å². The highest BCUT2D eigenvalue weighted by molar-refractivity contribution is 5.89. The van der Waals surface area contributed by atoms with Crippen molar-refractivity contribution in [2.75, 3.05) is 26.9 Å². The van der Waals surface area contributed by atoms with Gasteiger partial charge in [-0.2, -0.15) is 5.26 Å². The van der Waals surface area contributed by atoms with Crippen LogP contribution < -0.4 is 0 Å². The number of piperidine rings is 1. The summed E-state index contributed by atoms with van der Waals surface area (Å²) < 4.78 is 10.6. The van der Waals surface area contributed by atoms with Crippen molar-refractivity contribution >= 4 is 5.97 Å². The maximum Gasteiger partial charge on any atom is 0.337 e. The molecule has 0 N–H and O–H groups in total. The Bertz CT molecular complexity index is 633. The first kappa shape index (κ1) is 20.4. The molecule has 1 aliphatic heterocycles. The molecule has 0 amide bonds. The number of nitriles is 1. The minimum absolute atomic E-state index is 0.139. The van der Waals surface area contributed by atoms with Gasteiger partial charge in [0.15, 0.2) is 0 Å². The summed E-state index contributed by atoms with van der Waals surface area (Å²) in [4.78, 5) is 13.8. The van der Waals surface area contributed by atoms with Gasteiger partial charge in [-0.15, -0.1) is 0 Å². The van der Waals surface area contributed by atoms with Gasteiger partial charge in [0.1, 0.15) is 0 Å². The number of ether oxygens (including phenoxy) is 2. The van der Waals surface area contributed by atoms with E-state index in [1.165, 1.54) is 7.11 Å². The number of likely N-dealkylation sites (tertiary alicyclic amines) is 1. The summed E-state index contributed by atoms with van der Waals surface area (Å²) in [7, 11) is 1.38. The van der Waals surface area contributed by atoms with Crippen LogP contribution in [0, 0.1) is 16.7 Å². The Morgan fingerprint density at radius 1 is 1.23 bits per heavy atom. The minimum atomic E-state index is -0.324. The van der Waals surface area contributed by atoms with Gasteiger partial charge in [0.25, 0.3) is 0 Å². The minimum Gasteiger partial charge on any atom is -0.465 e. The molecule has 0 bridgehead atoms. The maximum atomic E-state index is 11.5. The van der Waals surface area contributed by atoms with Crippen molar-refractivity contribution in [3.05, 3.63) is 35.4 Å². The van der Waals surface area contributed by atoms with Crippen molar-refractivity contribution in [1.82, 2.24) is 4.90 Å². The molecule has 5 nitrogen and oxygen atoms in total. The maximum absolute atomic E-state index is 11.5. The zero-order chi connectivity index (χ0) is 19.2. The molecular formula is C21H30N2O3. The molecule has 26 heavy (non-hydrogen) atoms. The van der Waals surface area contributed by atoms with Crippen molar-refractivity contribution in [3.8, 4) is 6.07 Å². The third kappa shape index (κ3) is 5.82. The molecule has 0 aromatic heterocycles. The molecule has 1 heterocycles. The van der Waals surface area contributed by atoms with E-state index in [1.54, 1.807) is 12.1 Å². The molecule has 1 aromatic rings. The van der Waals surface area contributed by atoms with Gasteiger partial charge >= 0.3 is 5.97 Å². The number of carbonyl (C=O) groups excluding carboxylic acids is 1. The molecule has 1 aromatic carbocycles. The van der Waals surface area contributed by atoms with Gasteiger partial charge in [-0.25, -0.2) is 4.79 Å². The highest BCUT2D eigenvalue weighted by Gasteiger charge is 2.34. The van der Waals surface area contributed by atoms with Gasteiger partial charge in [0, 0.05) is 13.1 Å². The van der Waals surface area contributed by atoms with Gasteiger partial charge in [-0.05, 0) is 64.2 Å². The number of carbonyl (C=O) groups is 1. The molecule has 0 radical (unpaired) electrons. The van der Waals surface area contributed by atoms with Crippen LogP contribution >= 0.6 is 0 Å². The normalized spacial score (nSPS) is 17.5. The fourth-order valence-electron chi connectivity index (χ4n) is 3.12. The number of nitrogens with zero attached hydrogens (tertiary/aromatic N) is 2. The predicted octanol–water partition coefficient (Wildman–Crippen LogP) is 3.78. The molecular weight excluding hydrogens is 328 g/mol. The lowest BCUT2D eigenvalue weighted by Gasteiger charge is -2.38. The lowest BCUT2D eigenvalue weighted by molar-refractivity contribution is -0.0747. The van der Waals surface area contributed by atoms with Crippen LogP contribution in [0.3, 0.4) is 0 Å². The summed E-state index contributed by atoms with van der Waals surface area (Å²) in [5.41, 5.74) is 1.29. The molecule has 2 rings (SSSR count). The van der Waals surface area contributed by atoms with Crippen LogP contribution in [0.4, 0.5) is 0 Å². The summed E-state index contributed by atoms with van der Waals surface area (Å²) in [5, 5.41) is 9.75. The lowest BCUT2D eigenvalue weighted by Crippen LogP contribution is -2.42. The number of esters is 1. The monoisotopic (exact) mass is 358 g/mol. The second kappa shape index (κ2) is 8.66. The quantitative estimate of drug-likeness (QED) is 0.724. The second-order valence-corrected chi connectivity index (χ2v) is 8.08. The summed E-state index contributed by atoms with van der Waals surface area (Å²) in [6, 6.07) is 10.0. The van der Waals surface area contributed by atoms with Crippen LogP contribution in [-0.4, -0.2) is 43.4 Å². The Morgan fingerprint density at radius 3 is 2.35 bits per heavy atom. The van der Waals surface area contributed by atoms with Crippen LogP contribution in [0.5, 0.6) is 0 Å². The SMILES string of the molecule is COC(=O)c1ccc(CCC2(C#N)CCN(COC(C)(C)C)CC2)cc1. The number of hydrogen-bond donors (Lipinski definition) is 0. The van der Waals surface area contributed by atoms with E-state index in [4.69, 9.17) is 9.47 Å². The molecule has 0 saturated carbocycles. The van der Waals surface area contributed by atoms with Crippen LogP contribution in [0.25, 0.3) is 0 Å². The molecule has 5 heteroatoms.